The summed E-state index contributed by atoms with van der Waals surface area (Å²) in [5, 5.41) is 5.06. The van der Waals surface area contributed by atoms with Crippen LogP contribution in [-0.4, -0.2) is 25.5 Å². The van der Waals surface area contributed by atoms with Crippen LogP contribution in [0.5, 0.6) is 5.75 Å². The number of carbonyl (C=O) groups excluding carboxylic acids is 2. The van der Waals surface area contributed by atoms with Crippen LogP contribution in [0.25, 0.3) is 0 Å². The number of hydrogen-bond donors (Lipinski definition) is 3. The van der Waals surface area contributed by atoms with Gasteiger partial charge in [-0.15, -0.1) is 0 Å². The van der Waals surface area contributed by atoms with Crippen molar-refractivity contribution in [2.45, 2.75) is 0 Å². The van der Waals surface area contributed by atoms with Gasteiger partial charge in [-0.1, -0.05) is 6.07 Å². The van der Waals surface area contributed by atoms with E-state index in [9.17, 15) is 14.0 Å². The Labute approximate surface area is 132 Å². The molecular weight excluding hydrogens is 301 g/mol. The largest absolute Gasteiger partial charge is 0.497 e. The second-order valence-corrected chi connectivity index (χ2v) is 4.63. The summed E-state index contributed by atoms with van der Waals surface area (Å²) in [4.78, 5) is 23.7. The second kappa shape index (κ2) is 7.37. The standard InChI is InChI=1S/C16H16FN3O3/c1-23-12-4-2-3-10(7-12)16(22)20-13-6-5-11(17)8-14(13)19-15(21)9-18/h2-8H,9,18H2,1H3,(H,19,21)(H,20,22). The minimum absolute atomic E-state index is 0.136. The number of halogens is 1. The zero-order valence-electron chi connectivity index (χ0n) is 12.4. The van der Waals surface area contributed by atoms with Crippen LogP contribution in [0.15, 0.2) is 42.5 Å². The van der Waals surface area contributed by atoms with Crippen LogP contribution in [0.1, 0.15) is 10.4 Å². The molecule has 2 aromatic rings. The van der Waals surface area contributed by atoms with Gasteiger partial charge < -0.3 is 21.1 Å². The molecule has 7 heteroatoms. The number of benzene rings is 2. The molecule has 0 fully saturated rings. The second-order valence-electron chi connectivity index (χ2n) is 4.63. The summed E-state index contributed by atoms with van der Waals surface area (Å²) in [7, 11) is 1.50. The average molecular weight is 317 g/mol. The maximum absolute atomic E-state index is 13.3. The van der Waals surface area contributed by atoms with Crippen molar-refractivity contribution in [1.29, 1.82) is 0 Å². The van der Waals surface area contributed by atoms with Gasteiger partial charge in [0.15, 0.2) is 0 Å². The molecule has 0 unspecified atom stereocenters. The lowest BCUT2D eigenvalue weighted by Gasteiger charge is -2.12. The normalized spacial score (nSPS) is 10.0. The van der Waals surface area contributed by atoms with Gasteiger partial charge in [-0.3, -0.25) is 9.59 Å². The molecule has 0 heterocycles. The highest BCUT2D eigenvalue weighted by Crippen LogP contribution is 2.24. The Morgan fingerprint density at radius 2 is 1.91 bits per heavy atom. The van der Waals surface area contributed by atoms with Crippen molar-refractivity contribution in [3.05, 3.63) is 53.8 Å². The number of rotatable bonds is 5. The lowest BCUT2D eigenvalue weighted by atomic mass is 10.2. The van der Waals surface area contributed by atoms with Gasteiger partial charge >= 0.3 is 0 Å². The molecule has 2 aromatic carbocycles. The SMILES string of the molecule is COc1cccc(C(=O)Nc2ccc(F)cc2NC(=O)CN)c1. The third-order valence-electron chi connectivity index (χ3n) is 3.02. The van der Waals surface area contributed by atoms with E-state index < -0.39 is 17.6 Å². The van der Waals surface area contributed by atoms with E-state index in [-0.39, 0.29) is 17.9 Å². The Bertz CT molecular complexity index is 734. The molecule has 0 atom stereocenters. The average Bonchev–Trinajstić information content (AvgIpc) is 2.57. The first kappa shape index (κ1) is 16.4. The fourth-order valence-electron chi connectivity index (χ4n) is 1.89. The molecule has 6 nitrogen and oxygen atoms in total. The molecule has 2 rings (SSSR count). The highest BCUT2D eigenvalue weighted by molar-refractivity contribution is 6.07. The summed E-state index contributed by atoms with van der Waals surface area (Å²) < 4.78 is 18.4. The van der Waals surface area contributed by atoms with Crippen LogP contribution in [0, 0.1) is 5.82 Å². The van der Waals surface area contributed by atoms with Crippen molar-refractivity contribution in [1.82, 2.24) is 0 Å². The number of nitrogens with two attached hydrogens (primary N) is 1. The summed E-state index contributed by atoms with van der Waals surface area (Å²) in [5.41, 5.74) is 5.99. The van der Waals surface area contributed by atoms with E-state index in [0.717, 1.165) is 6.07 Å². The fraction of sp³-hybridized carbons (Fsp3) is 0.125. The molecule has 0 aliphatic rings. The van der Waals surface area contributed by atoms with Gasteiger partial charge in [-0.2, -0.15) is 0 Å². The first-order valence-corrected chi connectivity index (χ1v) is 6.78. The Kier molecular flexibility index (Phi) is 5.27. The Morgan fingerprint density at radius 3 is 2.61 bits per heavy atom. The number of nitrogens with one attached hydrogen (secondary N) is 2. The molecule has 2 amide bonds. The predicted molar refractivity (Wildman–Crippen MR) is 85.0 cm³/mol. The predicted octanol–water partition coefficient (Wildman–Crippen LogP) is 1.98. The van der Waals surface area contributed by atoms with E-state index in [1.165, 1.54) is 19.2 Å². The van der Waals surface area contributed by atoms with Gasteiger partial charge in [0.25, 0.3) is 5.91 Å². The first-order chi connectivity index (χ1) is 11.0. The smallest absolute Gasteiger partial charge is 0.255 e. The Hall–Kier alpha value is -2.93. The molecule has 0 aliphatic heterocycles. The van der Waals surface area contributed by atoms with E-state index in [2.05, 4.69) is 10.6 Å². The van der Waals surface area contributed by atoms with E-state index in [1.54, 1.807) is 24.3 Å². The molecule has 4 N–H and O–H groups in total. The fourth-order valence-corrected chi connectivity index (χ4v) is 1.89. The number of hydrogen-bond acceptors (Lipinski definition) is 4. The minimum Gasteiger partial charge on any atom is -0.497 e. The highest BCUT2D eigenvalue weighted by atomic mass is 19.1. The monoisotopic (exact) mass is 317 g/mol. The van der Waals surface area contributed by atoms with Crippen LogP contribution in [0.2, 0.25) is 0 Å². The molecule has 0 radical (unpaired) electrons. The van der Waals surface area contributed by atoms with Gasteiger partial charge in [-0.25, -0.2) is 4.39 Å². The van der Waals surface area contributed by atoms with E-state index in [1.807, 2.05) is 0 Å². The Balaban J connectivity index is 2.24. The quantitative estimate of drug-likeness (QED) is 0.786. The molecule has 23 heavy (non-hydrogen) atoms. The third kappa shape index (κ3) is 4.27. The molecule has 0 aromatic heterocycles. The molecule has 0 aliphatic carbocycles. The van der Waals surface area contributed by atoms with Gasteiger partial charge in [0.05, 0.1) is 25.0 Å². The molecule has 0 saturated carbocycles. The number of methoxy groups -OCH3 is 1. The van der Waals surface area contributed by atoms with Gasteiger partial charge in [0, 0.05) is 5.56 Å². The summed E-state index contributed by atoms with van der Waals surface area (Å²) in [6, 6.07) is 10.2. The Morgan fingerprint density at radius 1 is 1.13 bits per heavy atom. The van der Waals surface area contributed by atoms with E-state index in [4.69, 9.17) is 10.5 Å². The number of anilines is 2. The van der Waals surface area contributed by atoms with Crippen molar-refractivity contribution >= 4 is 23.2 Å². The van der Waals surface area contributed by atoms with Gasteiger partial charge in [0.2, 0.25) is 5.91 Å². The molecule has 0 saturated heterocycles. The van der Waals surface area contributed by atoms with Crippen molar-refractivity contribution in [3.63, 3.8) is 0 Å². The van der Waals surface area contributed by atoms with Crippen molar-refractivity contribution in [2.75, 3.05) is 24.3 Å². The maximum Gasteiger partial charge on any atom is 0.255 e. The molecule has 0 bridgehead atoms. The minimum atomic E-state index is -0.545. The number of amides is 2. The molecule has 120 valence electrons. The third-order valence-corrected chi connectivity index (χ3v) is 3.02. The number of ether oxygens (including phenoxy) is 1. The summed E-state index contributed by atoms with van der Waals surface area (Å²) in [6.45, 7) is -0.250. The lowest BCUT2D eigenvalue weighted by molar-refractivity contribution is -0.114. The van der Waals surface area contributed by atoms with Crippen LogP contribution in [0.3, 0.4) is 0 Å². The lowest BCUT2D eigenvalue weighted by Crippen LogP contribution is -2.23. The van der Waals surface area contributed by atoms with E-state index in [0.29, 0.717) is 11.3 Å². The van der Waals surface area contributed by atoms with Gasteiger partial charge in [-0.05, 0) is 36.4 Å². The topological polar surface area (TPSA) is 93.5 Å². The van der Waals surface area contributed by atoms with Crippen molar-refractivity contribution in [3.8, 4) is 5.75 Å². The van der Waals surface area contributed by atoms with Crippen molar-refractivity contribution in [2.24, 2.45) is 5.73 Å². The van der Waals surface area contributed by atoms with Crippen LogP contribution in [0.4, 0.5) is 15.8 Å². The summed E-state index contributed by atoms with van der Waals surface area (Å²) >= 11 is 0. The van der Waals surface area contributed by atoms with Crippen LogP contribution in [-0.2, 0) is 4.79 Å². The summed E-state index contributed by atoms with van der Waals surface area (Å²) in [6.07, 6.45) is 0. The highest BCUT2D eigenvalue weighted by Gasteiger charge is 2.12. The zero-order valence-corrected chi connectivity index (χ0v) is 12.4. The maximum atomic E-state index is 13.3. The summed E-state index contributed by atoms with van der Waals surface area (Å²) in [5.74, 6) is -0.920. The number of carbonyl (C=O) groups is 2. The van der Waals surface area contributed by atoms with Crippen LogP contribution >= 0.6 is 0 Å². The zero-order chi connectivity index (χ0) is 16.8. The molecular formula is C16H16FN3O3. The van der Waals surface area contributed by atoms with E-state index >= 15 is 0 Å². The van der Waals surface area contributed by atoms with Crippen LogP contribution < -0.4 is 21.1 Å². The van der Waals surface area contributed by atoms with Gasteiger partial charge in [0.1, 0.15) is 11.6 Å². The first-order valence-electron chi connectivity index (χ1n) is 6.78. The molecule has 0 spiro atoms. The van der Waals surface area contributed by atoms with Crippen molar-refractivity contribution < 1.29 is 18.7 Å².